The number of halogens is 2. The summed E-state index contributed by atoms with van der Waals surface area (Å²) in [7, 11) is 0. The maximum Gasteiger partial charge on any atom is 0.266 e. The lowest BCUT2D eigenvalue weighted by Crippen LogP contribution is -2.13. The number of nitrogens with one attached hydrogen (secondary N) is 1. The average Bonchev–Trinajstić information content (AvgIpc) is 2.62. The topological polar surface area (TPSA) is 78.7 Å². The van der Waals surface area contributed by atoms with Crippen LogP contribution in [-0.2, 0) is 4.79 Å². The van der Waals surface area contributed by atoms with Crippen molar-refractivity contribution in [2.75, 3.05) is 5.32 Å². The predicted molar refractivity (Wildman–Crippen MR) is 93.2 cm³/mol. The Morgan fingerprint density at radius 2 is 2.00 bits per heavy atom. The van der Waals surface area contributed by atoms with Crippen molar-refractivity contribution < 1.29 is 9.18 Å². The number of benzene rings is 2. The lowest BCUT2D eigenvalue weighted by atomic mass is 10.2. The summed E-state index contributed by atoms with van der Waals surface area (Å²) in [5, 5.41) is 11.6. The summed E-state index contributed by atoms with van der Waals surface area (Å²) in [6.07, 6.45) is 2.81. The van der Waals surface area contributed by atoms with E-state index in [-0.39, 0.29) is 16.3 Å². The van der Waals surface area contributed by atoms with Crippen molar-refractivity contribution in [1.82, 2.24) is 9.97 Å². The summed E-state index contributed by atoms with van der Waals surface area (Å²) in [6, 6.07) is 12.8. The Kier molecular flexibility index (Phi) is 4.68. The maximum absolute atomic E-state index is 13.2. The van der Waals surface area contributed by atoms with Gasteiger partial charge in [0.15, 0.2) is 0 Å². The Bertz CT molecular complexity index is 1040. The number of carbonyl (C=O) groups excluding carboxylic acids is 1. The number of rotatable bonds is 3. The molecule has 0 bridgehead atoms. The molecule has 0 atom stereocenters. The molecule has 0 unspecified atom stereocenters. The van der Waals surface area contributed by atoms with E-state index in [0.29, 0.717) is 16.7 Å². The van der Waals surface area contributed by atoms with Crippen LogP contribution in [0.25, 0.3) is 17.1 Å². The fourth-order valence-electron chi connectivity index (χ4n) is 2.11. The van der Waals surface area contributed by atoms with Gasteiger partial charge in [0.1, 0.15) is 17.5 Å². The smallest absolute Gasteiger partial charge is 0.266 e. The van der Waals surface area contributed by atoms with E-state index in [1.807, 2.05) is 24.3 Å². The highest BCUT2D eigenvalue weighted by molar-refractivity contribution is 6.31. The molecule has 1 amide bonds. The lowest BCUT2D eigenvalue weighted by molar-refractivity contribution is -0.112. The van der Waals surface area contributed by atoms with Crippen LogP contribution in [-0.4, -0.2) is 15.9 Å². The molecule has 0 fully saturated rings. The molecule has 0 spiro atoms. The van der Waals surface area contributed by atoms with E-state index in [1.165, 1.54) is 24.4 Å². The van der Waals surface area contributed by atoms with Crippen LogP contribution in [0.5, 0.6) is 0 Å². The van der Waals surface area contributed by atoms with Crippen molar-refractivity contribution in [3.63, 3.8) is 0 Å². The second-order valence-electron chi connectivity index (χ2n) is 5.04. The zero-order valence-corrected chi connectivity index (χ0v) is 13.5. The molecule has 0 aliphatic rings. The molecule has 1 aromatic heterocycles. The number of nitrogens with zero attached hydrogens (tertiary/aromatic N) is 3. The molecule has 1 N–H and O–H groups in total. The highest BCUT2D eigenvalue weighted by Crippen LogP contribution is 2.20. The van der Waals surface area contributed by atoms with Gasteiger partial charge in [0.2, 0.25) is 0 Å². The van der Waals surface area contributed by atoms with Gasteiger partial charge in [-0.2, -0.15) is 5.26 Å². The normalized spacial score (nSPS) is 11.2. The molecule has 3 rings (SSSR count). The number of fused-ring (bicyclic) bond motifs is 1. The van der Waals surface area contributed by atoms with Crippen LogP contribution >= 0.6 is 11.6 Å². The number of aromatic nitrogens is 2. The van der Waals surface area contributed by atoms with Gasteiger partial charge in [0, 0.05) is 5.69 Å². The van der Waals surface area contributed by atoms with E-state index in [4.69, 9.17) is 11.6 Å². The first-order valence-electron chi connectivity index (χ1n) is 7.17. The van der Waals surface area contributed by atoms with E-state index < -0.39 is 11.7 Å². The van der Waals surface area contributed by atoms with Crippen LogP contribution in [0.3, 0.4) is 0 Å². The third-order valence-corrected chi connectivity index (χ3v) is 3.59. The molecule has 1 heterocycles. The van der Waals surface area contributed by atoms with Crippen LogP contribution in [0.15, 0.2) is 54.2 Å². The molecule has 25 heavy (non-hydrogen) atoms. The molecular formula is C18H10ClFN4O. The van der Waals surface area contributed by atoms with Gasteiger partial charge in [-0.3, -0.25) is 9.78 Å². The Morgan fingerprint density at radius 3 is 2.72 bits per heavy atom. The lowest BCUT2D eigenvalue weighted by Gasteiger charge is -2.05. The number of nitriles is 1. The Balaban J connectivity index is 1.86. The monoisotopic (exact) mass is 352 g/mol. The molecule has 0 aliphatic heterocycles. The van der Waals surface area contributed by atoms with Crippen molar-refractivity contribution in [3.8, 4) is 6.07 Å². The van der Waals surface area contributed by atoms with E-state index in [9.17, 15) is 14.4 Å². The standard InChI is InChI=1S/C18H10ClFN4O/c19-14-8-12(5-6-15(14)20)24-18(25)11(9-21)7-13-10-22-16-3-1-2-4-17(16)23-13/h1-8,10H,(H,24,25)/b11-7+. The summed E-state index contributed by atoms with van der Waals surface area (Å²) < 4.78 is 13.2. The van der Waals surface area contributed by atoms with Gasteiger partial charge < -0.3 is 5.32 Å². The summed E-state index contributed by atoms with van der Waals surface area (Å²) in [5.74, 6) is -1.25. The highest BCUT2D eigenvalue weighted by Gasteiger charge is 2.11. The van der Waals surface area contributed by atoms with E-state index in [0.717, 1.165) is 6.07 Å². The first kappa shape index (κ1) is 16.6. The van der Waals surface area contributed by atoms with E-state index in [1.54, 1.807) is 6.07 Å². The van der Waals surface area contributed by atoms with Crippen molar-refractivity contribution >= 4 is 40.3 Å². The quantitative estimate of drug-likeness (QED) is 0.571. The van der Waals surface area contributed by atoms with Gasteiger partial charge in [0.05, 0.1) is 27.9 Å². The molecule has 0 saturated carbocycles. The number of para-hydroxylation sites is 2. The molecule has 0 aliphatic carbocycles. The third-order valence-electron chi connectivity index (χ3n) is 3.30. The average molecular weight is 353 g/mol. The minimum atomic E-state index is -0.653. The Morgan fingerprint density at radius 1 is 1.24 bits per heavy atom. The first-order valence-corrected chi connectivity index (χ1v) is 7.54. The second-order valence-corrected chi connectivity index (χ2v) is 5.44. The van der Waals surface area contributed by atoms with Crippen LogP contribution in [0, 0.1) is 17.1 Å². The third kappa shape index (κ3) is 3.79. The van der Waals surface area contributed by atoms with Gasteiger partial charge in [-0.25, -0.2) is 9.37 Å². The molecular weight excluding hydrogens is 343 g/mol. The van der Waals surface area contributed by atoms with Crippen LogP contribution in [0.2, 0.25) is 5.02 Å². The zero-order chi connectivity index (χ0) is 17.8. The SMILES string of the molecule is N#C/C(=C\c1cnc2ccccc2n1)C(=O)Nc1ccc(F)c(Cl)c1. The van der Waals surface area contributed by atoms with E-state index in [2.05, 4.69) is 15.3 Å². The number of amides is 1. The number of anilines is 1. The number of hydrogen-bond acceptors (Lipinski definition) is 4. The molecule has 5 nitrogen and oxygen atoms in total. The van der Waals surface area contributed by atoms with Gasteiger partial charge in [-0.05, 0) is 36.4 Å². The van der Waals surface area contributed by atoms with Crippen molar-refractivity contribution in [2.45, 2.75) is 0 Å². The van der Waals surface area contributed by atoms with Crippen molar-refractivity contribution in [2.24, 2.45) is 0 Å². The van der Waals surface area contributed by atoms with Crippen molar-refractivity contribution in [1.29, 1.82) is 5.26 Å². The predicted octanol–water partition coefficient (Wildman–Crippen LogP) is 3.97. The van der Waals surface area contributed by atoms with Gasteiger partial charge >= 0.3 is 0 Å². The molecule has 122 valence electrons. The van der Waals surface area contributed by atoms with Crippen molar-refractivity contribution in [3.05, 3.63) is 70.8 Å². The fourth-order valence-corrected chi connectivity index (χ4v) is 2.29. The summed E-state index contributed by atoms with van der Waals surface area (Å²) >= 11 is 5.67. The summed E-state index contributed by atoms with van der Waals surface area (Å²) in [4.78, 5) is 20.8. The fraction of sp³-hybridized carbons (Fsp3) is 0. The largest absolute Gasteiger partial charge is 0.321 e. The highest BCUT2D eigenvalue weighted by atomic mass is 35.5. The molecule has 7 heteroatoms. The molecule has 2 aromatic carbocycles. The Hall–Kier alpha value is -3.30. The minimum absolute atomic E-state index is 0.124. The number of carbonyl (C=O) groups is 1. The Labute approximate surface area is 147 Å². The molecule has 3 aromatic rings. The summed E-state index contributed by atoms with van der Waals surface area (Å²) in [6.45, 7) is 0. The van der Waals surface area contributed by atoms with Gasteiger partial charge in [0.25, 0.3) is 5.91 Å². The maximum atomic E-state index is 13.2. The van der Waals surface area contributed by atoms with Gasteiger partial charge in [-0.15, -0.1) is 0 Å². The second kappa shape index (κ2) is 7.07. The molecule has 0 saturated heterocycles. The first-order chi connectivity index (χ1) is 12.1. The zero-order valence-electron chi connectivity index (χ0n) is 12.7. The number of hydrogen-bond donors (Lipinski definition) is 1. The molecule has 0 radical (unpaired) electrons. The minimum Gasteiger partial charge on any atom is -0.321 e. The van der Waals surface area contributed by atoms with Crippen LogP contribution < -0.4 is 5.32 Å². The van der Waals surface area contributed by atoms with E-state index >= 15 is 0 Å². The van der Waals surface area contributed by atoms with Crippen LogP contribution in [0.1, 0.15) is 5.69 Å². The summed E-state index contributed by atoms with van der Waals surface area (Å²) in [5.41, 5.74) is 1.86. The van der Waals surface area contributed by atoms with Crippen LogP contribution in [0.4, 0.5) is 10.1 Å². The van der Waals surface area contributed by atoms with Gasteiger partial charge in [-0.1, -0.05) is 23.7 Å².